The average molecular weight is 259 g/mol. The Kier molecular flexibility index (Phi) is 3.79. The van der Waals surface area contributed by atoms with E-state index in [9.17, 15) is 0 Å². The molecule has 0 unspecified atom stereocenters. The highest BCUT2D eigenvalue weighted by atomic mass is 16.5. The lowest BCUT2D eigenvalue weighted by Crippen LogP contribution is -2.05. The number of anilines is 1. The molecule has 0 amide bonds. The zero-order valence-corrected chi connectivity index (χ0v) is 12.0. The molecule has 0 saturated carbocycles. The fraction of sp³-hybridized carbons (Fsp3) is 0.400. The fourth-order valence-corrected chi connectivity index (χ4v) is 2.09. The van der Waals surface area contributed by atoms with Crippen molar-refractivity contribution < 1.29 is 4.74 Å². The Balaban J connectivity index is 2.18. The van der Waals surface area contributed by atoms with Gasteiger partial charge in [0.25, 0.3) is 0 Å². The second kappa shape index (κ2) is 5.34. The number of rotatable bonds is 4. The lowest BCUT2D eigenvalue weighted by molar-refractivity contribution is 0.291. The van der Waals surface area contributed by atoms with Gasteiger partial charge in [-0.05, 0) is 38.0 Å². The summed E-state index contributed by atoms with van der Waals surface area (Å²) in [6, 6.07) is 5.98. The van der Waals surface area contributed by atoms with Crippen molar-refractivity contribution in [1.29, 1.82) is 0 Å². The first-order chi connectivity index (χ1) is 9.02. The molecule has 102 valence electrons. The maximum Gasteiger partial charge on any atom is 0.130 e. The highest BCUT2D eigenvalue weighted by molar-refractivity contribution is 5.56. The van der Waals surface area contributed by atoms with Gasteiger partial charge in [0.2, 0.25) is 0 Å². The molecule has 0 spiro atoms. The summed E-state index contributed by atoms with van der Waals surface area (Å²) >= 11 is 0. The summed E-state index contributed by atoms with van der Waals surface area (Å²) in [7, 11) is 1.94. The van der Waals surface area contributed by atoms with Gasteiger partial charge in [0.1, 0.15) is 12.4 Å². The van der Waals surface area contributed by atoms with Crippen LogP contribution in [-0.4, -0.2) is 9.78 Å². The predicted octanol–water partition coefficient (Wildman–Crippen LogP) is 2.76. The first kappa shape index (κ1) is 13.5. The van der Waals surface area contributed by atoms with Crippen molar-refractivity contribution >= 4 is 5.69 Å². The first-order valence-electron chi connectivity index (χ1n) is 6.53. The molecule has 1 aromatic carbocycles. The summed E-state index contributed by atoms with van der Waals surface area (Å²) in [5, 5.41) is 4.42. The Morgan fingerprint density at radius 2 is 2.05 bits per heavy atom. The molecule has 0 aliphatic heterocycles. The predicted molar refractivity (Wildman–Crippen MR) is 77.2 cm³/mol. The quantitative estimate of drug-likeness (QED) is 0.859. The van der Waals surface area contributed by atoms with Gasteiger partial charge in [0, 0.05) is 18.3 Å². The minimum atomic E-state index is 0.509. The summed E-state index contributed by atoms with van der Waals surface area (Å²) in [6.07, 6.45) is 0.935. The molecule has 2 N–H and O–H groups in total. The number of benzene rings is 1. The summed E-state index contributed by atoms with van der Waals surface area (Å²) in [6.45, 7) is 6.62. The standard InChI is InChI=1S/C15H21N3O/c1-5-12-8-13(18(4)17-12)9-19-15-10(2)6-7-14(16)11(15)3/h6-8H,5,9,16H2,1-4H3. The van der Waals surface area contributed by atoms with Crippen molar-refractivity contribution in [3.05, 3.63) is 40.7 Å². The van der Waals surface area contributed by atoms with Gasteiger partial charge in [-0.2, -0.15) is 5.10 Å². The van der Waals surface area contributed by atoms with Crippen LogP contribution in [0.15, 0.2) is 18.2 Å². The zero-order chi connectivity index (χ0) is 14.0. The SMILES string of the molecule is CCc1cc(COc2c(C)ccc(N)c2C)n(C)n1. The van der Waals surface area contributed by atoms with E-state index in [4.69, 9.17) is 10.5 Å². The minimum Gasteiger partial charge on any atom is -0.487 e. The van der Waals surface area contributed by atoms with Gasteiger partial charge < -0.3 is 10.5 Å². The van der Waals surface area contributed by atoms with Gasteiger partial charge in [0.15, 0.2) is 0 Å². The molecule has 2 aromatic rings. The van der Waals surface area contributed by atoms with E-state index in [0.717, 1.165) is 40.4 Å². The Morgan fingerprint density at radius 1 is 1.32 bits per heavy atom. The molecule has 4 nitrogen and oxygen atoms in total. The molecule has 0 aliphatic carbocycles. The van der Waals surface area contributed by atoms with Crippen LogP contribution in [0.5, 0.6) is 5.75 Å². The molecular formula is C15H21N3O. The van der Waals surface area contributed by atoms with Crippen molar-refractivity contribution in [1.82, 2.24) is 9.78 Å². The third-order valence-electron chi connectivity index (χ3n) is 3.40. The van der Waals surface area contributed by atoms with Crippen LogP contribution in [0.4, 0.5) is 5.69 Å². The molecule has 0 bridgehead atoms. The number of nitrogens with zero attached hydrogens (tertiary/aromatic N) is 2. The van der Waals surface area contributed by atoms with Crippen LogP contribution in [0.3, 0.4) is 0 Å². The summed E-state index contributed by atoms with van der Waals surface area (Å²) in [5.41, 5.74) is 10.9. The van der Waals surface area contributed by atoms with Gasteiger partial charge >= 0.3 is 0 Å². The van der Waals surface area contributed by atoms with Crippen LogP contribution in [0.25, 0.3) is 0 Å². The molecule has 0 atom stereocenters. The summed E-state index contributed by atoms with van der Waals surface area (Å²) < 4.78 is 7.80. The molecular weight excluding hydrogens is 238 g/mol. The highest BCUT2D eigenvalue weighted by Crippen LogP contribution is 2.28. The van der Waals surface area contributed by atoms with Crippen LogP contribution < -0.4 is 10.5 Å². The number of nitrogens with two attached hydrogens (primary N) is 1. The smallest absolute Gasteiger partial charge is 0.130 e. The van der Waals surface area contributed by atoms with Gasteiger partial charge in [-0.1, -0.05) is 13.0 Å². The topological polar surface area (TPSA) is 53.1 Å². The second-order valence-corrected chi connectivity index (χ2v) is 4.82. The molecule has 0 aliphatic rings. The van der Waals surface area contributed by atoms with E-state index in [1.807, 2.05) is 37.7 Å². The van der Waals surface area contributed by atoms with Crippen molar-refractivity contribution in [2.24, 2.45) is 7.05 Å². The van der Waals surface area contributed by atoms with Crippen LogP contribution >= 0.6 is 0 Å². The lowest BCUT2D eigenvalue weighted by atomic mass is 10.1. The number of hydrogen-bond acceptors (Lipinski definition) is 3. The zero-order valence-electron chi connectivity index (χ0n) is 12.0. The van der Waals surface area contributed by atoms with Crippen molar-refractivity contribution in [2.45, 2.75) is 33.8 Å². The van der Waals surface area contributed by atoms with E-state index in [1.54, 1.807) is 0 Å². The van der Waals surface area contributed by atoms with Crippen molar-refractivity contribution in [3.63, 3.8) is 0 Å². The highest BCUT2D eigenvalue weighted by Gasteiger charge is 2.09. The van der Waals surface area contributed by atoms with E-state index in [0.29, 0.717) is 6.61 Å². The third kappa shape index (κ3) is 2.72. The molecule has 0 fully saturated rings. The maximum atomic E-state index is 5.93. The molecule has 19 heavy (non-hydrogen) atoms. The average Bonchev–Trinajstić information content (AvgIpc) is 2.75. The number of ether oxygens (including phenoxy) is 1. The van der Waals surface area contributed by atoms with E-state index in [-0.39, 0.29) is 0 Å². The summed E-state index contributed by atoms with van der Waals surface area (Å²) in [5.74, 6) is 0.874. The third-order valence-corrected chi connectivity index (χ3v) is 3.40. The monoisotopic (exact) mass is 259 g/mol. The molecule has 2 rings (SSSR count). The van der Waals surface area contributed by atoms with Crippen molar-refractivity contribution in [2.75, 3.05) is 5.73 Å². The summed E-state index contributed by atoms with van der Waals surface area (Å²) in [4.78, 5) is 0. The van der Waals surface area contributed by atoms with Crippen LogP contribution in [0.1, 0.15) is 29.4 Å². The van der Waals surface area contributed by atoms with Gasteiger partial charge in [-0.15, -0.1) is 0 Å². The minimum absolute atomic E-state index is 0.509. The normalized spacial score (nSPS) is 10.7. The van der Waals surface area contributed by atoms with E-state index >= 15 is 0 Å². The molecule has 4 heteroatoms. The van der Waals surface area contributed by atoms with E-state index in [2.05, 4.69) is 18.1 Å². The van der Waals surface area contributed by atoms with Crippen molar-refractivity contribution in [3.8, 4) is 5.75 Å². The number of nitrogen functional groups attached to an aromatic ring is 1. The first-order valence-corrected chi connectivity index (χ1v) is 6.53. The van der Waals surface area contributed by atoms with Gasteiger partial charge in [0.05, 0.1) is 11.4 Å². The van der Waals surface area contributed by atoms with Gasteiger partial charge in [-0.25, -0.2) is 0 Å². The maximum absolute atomic E-state index is 5.93. The Bertz CT molecular complexity index is 587. The largest absolute Gasteiger partial charge is 0.487 e. The second-order valence-electron chi connectivity index (χ2n) is 4.82. The van der Waals surface area contributed by atoms with E-state index < -0.39 is 0 Å². The Morgan fingerprint density at radius 3 is 2.68 bits per heavy atom. The van der Waals surface area contributed by atoms with Gasteiger partial charge in [-0.3, -0.25) is 4.68 Å². The van der Waals surface area contributed by atoms with Crippen LogP contribution in [0.2, 0.25) is 0 Å². The fourth-order valence-electron chi connectivity index (χ4n) is 2.09. The van der Waals surface area contributed by atoms with Crippen LogP contribution in [0, 0.1) is 13.8 Å². The molecule has 0 radical (unpaired) electrons. The Labute approximate surface area is 114 Å². The molecule has 1 heterocycles. The lowest BCUT2D eigenvalue weighted by Gasteiger charge is -2.13. The molecule has 0 saturated heterocycles. The van der Waals surface area contributed by atoms with Crippen LogP contribution in [-0.2, 0) is 20.1 Å². The number of aryl methyl sites for hydroxylation is 3. The Hall–Kier alpha value is -1.97. The van der Waals surface area contributed by atoms with E-state index in [1.165, 1.54) is 0 Å². The number of hydrogen-bond donors (Lipinski definition) is 1. The molecule has 1 aromatic heterocycles. The number of aromatic nitrogens is 2.